The van der Waals surface area contributed by atoms with Crippen molar-refractivity contribution < 1.29 is 9.53 Å². The van der Waals surface area contributed by atoms with Gasteiger partial charge in [-0.15, -0.1) is 11.8 Å². The van der Waals surface area contributed by atoms with Crippen molar-refractivity contribution in [2.24, 2.45) is 5.92 Å². The molecule has 0 amide bonds. The molecular formula is C16H22ClNO2S. The molecule has 0 heterocycles. The normalized spacial score (nSPS) is 25.0. The summed E-state index contributed by atoms with van der Waals surface area (Å²) in [6, 6.07) is 7.89. The number of methoxy groups -OCH3 is 1. The Hall–Kier alpha value is -0.710. The number of hydrogen-bond donors (Lipinski definition) is 1. The van der Waals surface area contributed by atoms with Gasteiger partial charge in [0.25, 0.3) is 0 Å². The van der Waals surface area contributed by atoms with E-state index in [1.807, 2.05) is 25.2 Å². The lowest BCUT2D eigenvalue weighted by atomic mass is 9.85. The Balaban J connectivity index is 1.94. The van der Waals surface area contributed by atoms with E-state index in [1.165, 1.54) is 12.0 Å². The zero-order valence-corrected chi connectivity index (χ0v) is 14.1. The molecule has 3 nitrogen and oxygen atoms in total. The van der Waals surface area contributed by atoms with Crippen molar-refractivity contribution >= 4 is 29.3 Å². The number of hydrogen-bond acceptors (Lipinski definition) is 4. The monoisotopic (exact) mass is 327 g/mol. The van der Waals surface area contributed by atoms with Gasteiger partial charge in [-0.05, 0) is 56.2 Å². The van der Waals surface area contributed by atoms with Crippen LogP contribution in [0.15, 0.2) is 29.2 Å². The van der Waals surface area contributed by atoms with E-state index in [0.717, 1.165) is 36.5 Å². The molecule has 2 unspecified atom stereocenters. The Morgan fingerprint density at radius 3 is 3.05 bits per heavy atom. The van der Waals surface area contributed by atoms with Crippen molar-refractivity contribution in [1.82, 2.24) is 5.32 Å². The van der Waals surface area contributed by atoms with Crippen LogP contribution in [-0.4, -0.2) is 31.4 Å². The van der Waals surface area contributed by atoms with Crippen LogP contribution in [0.5, 0.6) is 0 Å². The molecule has 21 heavy (non-hydrogen) atoms. The fraction of sp³-hybridized carbons (Fsp3) is 0.562. The van der Waals surface area contributed by atoms with Gasteiger partial charge in [-0.2, -0.15) is 0 Å². The number of carbonyl (C=O) groups is 1. The van der Waals surface area contributed by atoms with Crippen LogP contribution in [0.2, 0.25) is 5.02 Å². The van der Waals surface area contributed by atoms with E-state index in [9.17, 15) is 4.79 Å². The van der Waals surface area contributed by atoms with Gasteiger partial charge in [-0.1, -0.05) is 24.1 Å². The largest absolute Gasteiger partial charge is 0.468 e. The predicted molar refractivity (Wildman–Crippen MR) is 87.9 cm³/mol. The van der Waals surface area contributed by atoms with Crippen molar-refractivity contribution in [3.05, 3.63) is 29.3 Å². The first kappa shape index (κ1) is 16.7. The number of ether oxygens (including phenoxy) is 1. The van der Waals surface area contributed by atoms with Crippen LogP contribution in [0, 0.1) is 5.92 Å². The highest BCUT2D eigenvalue weighted by molar-refractivity contribution is 7.99. The molecule has 1 aromatic rings. The third-order valence-electron chi connectivity index (χ3n) is 4.35. The van der Waals surface area contributed by atoms with Gasteiger partial charge >= 0.3 is 5.97 Å². The fourth-order valence-electron chi connectivity index (χ4n) is 3.23. The average Bonchev–Trinajstić information content (AvgIpc) is 2.90. The highest BCUT2D eigenvalue weighted by atomic mass is 35.5. The maximum absolute atomic E-state index is 12.1. The Bertz CT molecular complexity index is 497. The average molecular weight is 328 g/mol. The summed E-state index contributed by atoms with van der Waals surface area (Å²) in [4.78, 5) is 13.3. The summed E-state index contributed by atoms with van der Waals surface area (Å²) in [5.41, 5.74) is -0.496. The molecule has 1 N–H and O–H groups in total. The molecule has 1 aliphatic carbocycles. The molecule has 0 saturated heterocycles. The number of carbonyl (C=O) groups excluding carboxylic acids is 1. The van der Waals surface area contributed by atoms with Crippen molar-refractivity contribution in [1.29, 1.82) is 0 Å². The number of halogens is 1. The molecule has 0 spiro atoms. The third kappa shape index (κ3) is 3.74. The summed E-state index contributed by atoms with van der Waals surface area (Å²) < 4.78 is 5.01. The predicted octanol–water partition coefficient (Wildman–Crippen LogP) is 3.75. The number of benzene rings is 1. The third-order valence-corrected chi connectivity index (χ3v) is 5.61. The minimum absolute atomic E-state index is 0.125. The van der Waals surface area contributed by atoms with Crippen molar-refractivity contribution in [2.75, 3.05) is 19.9 Å². The van der Waals surface area contributed by atoms with Crippen LogP contribution in [0.3, 0.4) is 0 Å². The number of likely N-dealkylation sites (N-methyl/N-ethyl adjacent to an activating group) is 1. The highest BCUT2D eigenvalue weighted by Crippen LogP contribution is 2.39. The van der Waals surface area contributed by atoms with Crippen LogP contribution in [0.4, 0.5) is 0 Å². The molecule has 5 heteroatoms. The maximum Gasteiger partial charge on any atom is 0.326 e. The SMILES string of the molecule is CNC1(C(=O)OC)CCCC1CCSc1cccc(Cl)c1. The number of nitrogens with one attached hydrogen (secondary N) is 1. The van der Waals surface area contributed by atoms with Crippen LogP contribution >= 0.6 is 23.4 Å². The van der Waals surface area contributed by atoms with Crippen LogP contribution in [0.25, 0.3) is 0 Å². The van der Waals surface area contributed by atoms with Crippen molar-refractivity contribution in [2.45, 2.75) is 36.1 Å². The topological polar surface area (TPSA) is 38.3 Å². The van der Waals surface area contributed by atoms with Gasteiger partial charge in [-0.3, -0.25) is 4.79 Å². The molecule has 1 aliphatic rings. The van der Waals surface area contributed by atoms with E-state index in [1.54, 1.807) is 11.8 Å². The van der Waals surface area contributed by atoms with E-state index >= 15 is 0 Å². The van der Waals surface area contributed by atoms with Crippen LogP contribution < -0.4 is 5.32 Å². The zero-order valence-electron chi connectivity index (χ0n) is 12.5. The van der Waals surface area contributed by atoms with Crippen LogP contribution in [-0.2, 0) is 9.53 Å². The van der Waals surface area contributed by atoms with Gasteiger partial charge in [0.1, 0.15) is 5.54 Å². The van der Waals surface area contributed by atoms with Gasteiger partial charge in [0.15, 0.2) is 0 Å². The Morgan fingerprint density at radius 1 is 1.57 bits per heavy atom. The van der Waals surface area contributed by atoms with Gasteiger partial charge in [0.05, 0.1) is 7.11 Å². The van der Waals surface area contributed by atoms with Crippen LogP contribution in [0.1, 0.15) is 25.7 Å². The molecule has 0 aliphatic heterocycles. The summed E-state index contributed by atoms with van der Waals surface area (Å²) in [7, 11) is 3.33. The Labute approximate surface area is 135 Å². The minimum atomic E-state index is -0.496. The van der Waals surface area contributed by atoms with Gasteiger partial charge in [0.2, 0.25) is 0 Å². The van der Waals surface area contributed by atoms with Gasteiger partial charge in [-0.25, -0.2) is 0 Å². The second-order valence-corrected chi connectivity index (χ2v) is 7.00. The van der Waals surface area contributed by atoms with Crippen molar-refractivity contribution in [3.8, 4) is 0 Å². The molecule has 0 aromatic heterocycles. The van der Waals surface area contributed by atoms with E-state index in [0.29, 0.717) is 5.92 Å². The quantitative estimate of drug-likeness (QED) is 0.638. The van der Waals surface area contributed by atoms with Gasteiger partial charge < -0.3 is 10.1 Å². The first-order valence-corrected chi connectivity index (χ1v) is 8.64. The summed E-state index contributed by atoms with van der Waals surface area (Å²) >= 11 is 7.78. The highest BCUT2D eigenvalue weighted by Gasteiger charge is 2.48. The maximum atomic E-state index is 12.1. The van der Waals surface area contributed by atoms with E-state index in [-0.39, 0.29) is 5.97 Å². The Kier molecular flexibility index (Phi) is 5.97. The smallest absolute Gasteiger partial charge is 0.326 e. The fourth-order valence-corrected chi connectivity index (χ4v) is 4.50. The summed E-state index contributed by atoms with van der Waals surface area (Å²) in [5, 5.41) is 3.99. The van der Waals surface area contributed by atoms with E-state index in [4.69, 9.17) is 16.3 Å². The number of esters is 1. The first-order chi connectivity index (χ1) is 10.1. The summed E-state index contributed by atoms with van der Waals surface area (Å²) in [6.07, 6.45) is 4.00. The van der Waals surface area contributed by atoms with Crippen molar-refractivity contribution in [3.63, 3.8) is 0 Å². The second kappa shape index (κ2) is 7.52. The molecule has 116 valence electrons. The molecule has 1 aromatic carbocycles. The molecule has 0 radical (unpaired) electrons. The van der Waals surface area contributed by atoms with Gasteiger partial charge in [0, 0.05) is 9.92 Å². The minimum Gasteiger partial charge on any atom is -0.468 e. The standard InChI is InChI=1S/C16H22ClNO2S/c1-18-16(15(19)20-2)9-4-5-12(16)8-10-21-14-7-3-6-13(17)11-14/h3,6-7,11-12,18H,4-5,8-10H2,1-2H3. The lowest BCUT2D eigenvalue weighted by molar-refractivity contribution is -0.150. The van der Waals surface area contributed by atoms with E-state index < -0.39 is 5.54 Å². The Morgan fingerprint density at radius 2 is 2.38 bits per heavy atom. The first-order valence-electron chi connectivity index (χ1n) is 7.28. The molecule has 2 atom stereocenters. The molecule has 1 saturated carbocycles. The molecular weight excluding hydrogens is 306 g/mol. The summed E-state index contributed by atoms with van der Waals surface area (Å²) in [6.45, 7) is 0. The lowest BCUT2D eigenvalue weighted by Crippen LogP contribution is -2.53. The molecule has 0 bridgehead atoms. The lowest BCUT2D eigenvalue weighted by Gasteiger charge is -2.32. The second-order valence-electron chi connectivity index (χ2n) is 5.40. The molecule has 1 fully saturated rings. The van der Waals surface area contributed by atoms with E-state index in [2.05, 4.69) is 11.4 Å². The number of thioether (sulfide) groups is 1. The zero-order chi connectivity index (χ0) is 15.3. The summed E-state index contributed by atoms with van der Waals surface area (Å²) in [5.74, 6) is 1.19. The molecule has 2 rings (SSSR count). The number of rotatable bonds is 6.